The lowest BCUT2D eigenvalue weighted by molar-refractivity contribution is -0.138. The van der Waals surface area contributed by atoms with Gasteiger partial charge in [-0.3, -0.25) is 14.5 Å². The number of nitrogens with zero attached hydrogens (tertiary/aromatic N) is 3. The van der Waals surface area contributed by atoms with Gasteiger partial charge in [-0.05, 0) is 6.07 Å². The quantitative estimate of drug-likeness (QED) is 0.705. The Morgan fingerprint density at radius 1 is 1.34 bits per heavy atom. The summed E-state index contributed by atoms with van der Waals surface area (Å²) >= 11 is 0. The summed E-state index contributed by atoms with van der Waals surface area (Å²) < 4.78 is 15.9. The average molecular weight is 402 g/mol. The predicted molar refractivity (Wildman–Crippen MR) is 104 cm³/mol. The van der Waals surface area contributed by atoms with Gasteiger partial charge in [-0.15, -0.1) is 0 Å². The third-order valence-corrected chi connectivity index (χ3v) is 4.98. The van der Waals surface area contributed by atoms with Crippen molar-refractivity contribution in [3.8, 4) is 11.5 Å². The Hall–Kier alpha value is -3.07. The second-order valence-electron chi connectivity index (χ2n) is 6.86. The van der Waals surface area contributed by atoms with Gasteiger partial charge in [-0.2, -0.15) is 0 Å². The first kappa shape index (κ1) is 20.7. The summed E-state index contributed by atoms with van der Waals surface area (Å²) in [6, 6.07) is 6.78. The number of para-hydroxylation sites is 1. The molecule has 1 aromatic carbocycles. The van der Waals surface area contributed by atoms with E-state index in [2.05, 4.69) is 10.5 Å². The fourth-order valence-corrected chi connectivity index (χ4v) is 3.44. The van der Waals surface area contributed by atoms with E-state index in [0.717, 1.165) is 5.56 Å². The van der Waals surface area contributed by atoms with Crippen molar-refractivity contribution in [3.05, 3.63) is 41.8 Å². The first-order valence-electron chi connectivity index (χ1n) is 9.38. The summed E-state index contributed by atoms with van der Waals surface area (Å²) in [4.78, 5) is 28.8. The molecule has 1 saturated heterocycles. The number of benzene rings is 1. The molecule has 3 rings (SSSR count). The number of ether oxygens (including phenoxy) is 2. The zero-order chi connectivity index (χ0) is 20.8. The van der Waals surface area contributed by atoms with Gasteiger partial charge in [0.15, 0.2) is 17.3 Å². The molecule has 0 unspecified atom stereocenters. The Labute approximate surface area is 169 Å². The van der Waals surface area contributed by atoms with Gasteiger partial charge in [0.2, 0.25) is 11.8 Å². The Morgan fingerprint density at radius 2 is 2.17 bits per heavy atom. The minimum atomic E-state index is -0.565. The Morgan fingerprint density at radius 3 is 2.86 bits per heavy atom. The summed E-state index contributed by atoms with van der Waals surface area (Å²) in [7, 11) is 4.85. The van der Waals surface area contributed by atoms with Crippen molar-refractivity contribution < 1.29 is 23.6 Å². The Kier molecular flexibility index (Phi) is 6.71. The number of hydrogen-bond acceptors (Lipinski definition) is 7. The summed E-state index contributed by atoms with van der Waals surface area (Å²) in [6.07, 6.45) is 1.61. The summed E-state index contributed by atoms with van der Waals surface area (Å²) in [5.41, 5.74) is 0.897. The van der Waals surface area contributed by atoms with Crippen molar-refractivity contribution in [1.82, 2.24) is 20.3 Å². The van der Waals surface area contributed by atoms with Gasteiger partial charge in [0.05, 0.1) is 39.4 Å². The number of hydrogen-bond donors (Lipinski definition) is 1. The van der Waals surface area contributed by atoms with E-state index in [1.54, 1.807) is 27.3 Å². The van der Waals surface area contributed by atoms with Crippen LogP contribution in [0.4, 0.5) is 0 Å². The Bertz CT molecular complexity index is 839. The molecule has 9 heteroatoms. The van der Waals surface area contributed by atoms with Crippen LogP contribution in [-0.2, 0) is 22.7 Å². The molecule has 1 fully saturated rings. The highest BCUT2D eigenvalue weighted by Crippen LogP contribution is 2.32. The van der Waals surface area contributed by atoms with Gasteiger partial charge < -0.3 is 24.2 Å². The number of nitrogens with one attached hydrogen (secondary N) is 1. The van der Waals surface area contributed by atoms with E-state index in [1.165, 1.54) is 11.1 Å². The van der Waals surface area contributed by atoms with E-state index in [4.69, 9.17) is 14.0 Å². The first-order valence-corrected chi connectivity index (χ1v) is 9.38. The predicted octanol–water partition coefficient (Wildman–Crippen LogP) is 1.04. The molecule has 0 saturated carbocycles. The van der Waals surface area contributed by atoms with Gasteiger partial charge in [-0.25, -0.2) is 0 Å². The van der Waals surface area contributed by atoms with Gasteiger partial charge >= 0.3 is 0 Å². The van der Waals surface area contributed by atoms with Crippen molar-refractivity contribution >= 4 is 11.8 Å². The molecule has 0 bridgehead atoms. The molecular weight excluding hydrogens is 376 g/mol. The summed E-state index contributed by atoms with van der Waals surface area (Å²) in [6.45, 7) is 1.94. The number of carbonyl (C=O) groups is 2. The van der Waals surface area contributed by atoms with E-state index >= 15 is 0 Å². The highest BCUT2D eigenvalue weighted by Gasteiger charge is 2.33. The van der Waals surface area contributed by atoms with E-state index in [0.29, 0.717) is 43.4 Å². The van der Waals surface area contributed by atoms with Gasteiger partial charge in [0, 0.05) is 38.3 Å². The molecule has 1 aliphatic rings. The molecule has 1 N–H and O–H groups in total. The van der Waals surface area contributed by atoms with Crippen LogP contribution in [0.25, 0.3) is 0 Å². The van der Waals surface area contributed by atoms with Crippen LogP contribution >= 0.6 is 0 Å². The average Bonchev–Trinajstić information content (AvgIpc) is 3.23. The molecule has 9 nitrogen and oxygen atoms in total. The third kappa shape index (κ3) is 4.86. The first-order chi connectivity index (χ1) is 14.0. The van der Waals surface area contributed by atoms with Crippen LogP contribution in [0.2, 0.25) is 0 Å². The van der Waals surface area contributed by atoms with E-state index in [9.17, 15) is 9.59 Å². The van der Waals surface area contributed by atoms with Crippen LogP contribution < -0.4 is 14.8 Å². The topological polar surface area (TPSA) is 97.1 Å². The Balaban J connectivity index is 1.72. The van der Waals surface area contributed by atoms with Crippen LogP contribution in [0.1, 0.15) is 17.7 Å². The van der Waals surface area contributed by atoms with E-state index in [-0.39, 0.29) is 18.2 Å². The molecule has 1 atom stereocenters. The second kappa shape index (κ2) is 9.42. The maximum atomic E-state index is 12.7. The van der Waals surface area contributed by atoms with E-state index in [1.807, 2.05) is 23.1 Å². The van der Waals surface area contributed by atoms with Crippen LogP contribution in [0.3, 0.4) is 0 Å². The number of aromatic nitrogens is 1. The number of amides is 2. The molecule has 0 spiro atoms. The fourth-order valence-electron chi connectivity index (χ4n) is 3.44. The SMILES string of the molecule is COc1cccc(CN2CCNC(=O)[C@@H]2CC(=O)N(C)Cc2ccno2)c1OC. The van der Waals surface area contributed by atoms with Crippen molar-refractivity contribution in [2.45, 2.75) is 25.6 Å². The number of piperazine rings is 1. The maximum absolute atomic E-state index is 12.7. The number of methoxy groups -OCH3 is 2. The third-order valence-electron chi connectivity index (χ3n) is 4.98. The van der Waals surface area contributed by atoms with Crippen LogP contribution in [0.5, 0.6) is 11.5 Å². The fraction of sp³-hybridized carbons (Fsp3) is 0.450. The minimum absolute atomic E-state index is 0.0722. The largest absolute Gasteiger partial charge is 0.493 e. The molecule has 2 heterocycles. The molecule has 0 radical (unpaired) electrons. The number of rotatable bonds is 8. The standard InChI is InChI=1S/C20H26N4O5/c1-23(13-15-7-8-22-29-15)18(25)11-16-20(26)21-9-10-24(16)12-14-5-4-6-17(27-2)19(14)28-3/h4-8,16H,9-13H2,1-3H3,(H,21,26)/t16-/m0/s1. The van der Waals surface area contributed by atoms with Crippen molar-refractivity contribution in [3.63, 3.8) is 0 Å². The number of carbonyl (C=O) groups excluding carboxylic acids is 2. The lowest BCUT2D eigenvalue weighted by Gasteiger charge is -2.35. The van der Waals surface area contributed by atoms with Gasteiger partial charge in [0.1, 0.15) is 0 Å². The monoisotopic (exact) mass is 402 g/mol. The molecule has 2 aromatic rings. The molecule has 1 aliphatic heterocycles. The maximum Gasteiger partial charge on any atom is 0.237 e. The van der Waals surface area contributed by atoms with Crippen molar-refractivity contribution in [2.24, 2.45) is 0 Å². The zero-order valence-corrected chi connectivity index (χ0v) is 16.9. The normalized spacial score (nSPS) is 16.9. The second-order valence-corrected chi connectivity index (χ2v) is 6.86. The highest BCUT2D eigenvalue weighted by molar-refractivity contribution is 5.88. The van der Waals surface area contributed by atoms with Crippen LogP contribution in [0, 0.1) is 0 Å². The molecule has 1 aromatic heterocycles. The van der Waals surface area contributed by atoms with Gasteiger partial charge in [-0.1, -0.05) is 17.3 Å². The highest BCUT2D eigenvalue weighted by atomic mass is 16.5. The minimum Gasteiger partial charge on any atom is -0.493 e. The lowest BCUT2D eigenvalue weighted by atomic mass is 10.1. The molecule has 156 valence electrons. The molecular formula is C20H26N4O5. The smallest absolute Gasteiger partial charge is 0.237 e. The van der Waals surface area contributed by atoms with Gasteiger partial charge in [0.25, 0.3) is 0 Å². The summed E-state index contributed by atoms with van der Waals surface area (Å²) in [5, 5.41) is 6.50. The van der Waals surface area contributed by atoms with E-state index < -0.39 is 6.04 Å². The summed E-state index contributed by atoms with van der Waals surface area (Å²) in [5.74, 6) is 1.55. The zero-order valence-electron chi connectivity index (χ0n) is 16.9. The molecule has 29 heavy (non-hydrogen) atoms. The molecule has 2 amide bonds. The lowest BCUT2D eigenvalue weighted by Crippen LogP contribution is -2.56. The van der Waals surface area contributed by atoms with Crippen molar-refractivity contribution in [2.75, 3.05) is 34.4 Å². The van der Waals surface area contributed by atoms with Crippen LogP contribution in [-0.4, -0.2) is 67.2 Å². The van der Waals surface area contributed by atoms with Crippen LogP contribution in [0.15, 0.2) is 35.0 Å². The molecule has 0 aliphatic carbocycles. The van der Waals surface area contributed by atoms with Crippen molar-refractivity contribution in [1.29, 1.82) is 0 Å².